The molecule has 0 saturated carbocycles. The molecule has 4 rings (SSSR count). The minimum Gasteiger partial charge on any atom is -0.338 e. The van der Waals surface area contributed by atoms with Crippen LogP contribution in [0.2, 0.25) is 5.02 Å². The molecule has 2 aromatic rings. The molecule has 0 bridgehead atoms. The molecule has 2 heterocycles. The molecule has 29 heavy (non-hydrogen) atoms. The molecule has 1 N–H and O–H groups in total. The van der Waals surface area contributed by atoms with Gasteiger partial charge in [0.25, 0.3) is 5.91 Å². The van der Waals surface area contributed by atoms with E-state index < -0.39 is 6.04 Å². The van der Waals surface area contributed by atoms with Gasteiger partial charge in [-0.25, -0.2) is 0 Å². The molecule has 0 spiro atoms. The van der Waals surface area contributed by atoms with E-state index in [1.807, 2.05) is 29.2 Å². The van der Waals surface area contributed by atoms with Gasteiger partial charge in [-0.15, -0.1) is 12.4 Å². The number of fused-ring (bicyclic) bond motifs is 1. The third kappa shape index (κ3) is 4.42. The van der Waals surface area contributed by atoms with Crippen LogP contribution >= 0.6 is 24.0 Å². The maximum absolute atomic E-state index is 13.4. The summed E-state index contributed by atoms with van der Waals surface area (Å²) in [4.78, 5) is 30.3. The molecule has 2 aliphatic heterocycles. The molecule has 2 unspecified atom stereocenters. The van der Waals surface area contributed by atoms with Crippen LogP contribution in [0.3, 0.4) is 0 Å². The number of rotatable bonds is 2. The summed E-state index contributed by atoms with van der Waals surface area (Å²) in [6.45, 7) is 4.58. The van der Waals surface area contributed by atoms with Gasteiger partial charge in [-0.05, 0) is 30.2 Å². The molecule has 154 valence electrons. The number of carbonyl (C=O) groups excluding carboxylic acids is 2. The fraction of sp³-hybridized carbons (Fsp3) is 0.364. The second-order valence-corrected chi connectivity index (χ2v) is 7.95. The number of hydrogen-bond donors (Lipinski definition) is 1. The number of benzene rings is 2. The third-order valence-electron chi connectivity index (χ3n) is 5.58. The third-order valence-corrected chi connectivity index (χ3v) is 5.91. The number of amides is 2. The fourth-order valence-corrected chi connectivity index (χ4v) is 4.31. The van der Waals surface area contributed by atoms with Crippen molar-refractivity contribution in [3.8, 4) is 0 Å². The van der Waals surface area contributed by atoms with Gasteiger partial charge in [-0.1, -0.05) is 48.0 Å². The Morgan fingerprint density at radius 1 is 1.07 bits per heavy atom. The van der Waals surface area contributed by atoms with E-state index in [1.165, 1.54) is 0 Å². The monoisotopic (exact) mass is 433 g/mol. The minimum atomic E-state index is -0.510. The first-order valence-corrected chi connectivity index (χ1v) is 10.1. The van der Waals surface area contributed by atoms with Crippen molar-refractivity contribution in [3.63, 3.8) is 0 Å². The van der Waals surface area contributed by atoms with E-state index in [-0.39, 0.29) is 30.3 Å². The van der Waals surface area contributed by atoms with Gasteiger partial charge < -0.3 is 15.1 Å². The Bertz CT molecular complexity index is 905. The average Bonchev–Trinajstić information content (AvgIpc) is 2.72. The predicted octanol–water partition coefficient (Wildman–Crippen LogP) is 3.15. The molecular weight excluding hydrogens is 409 g/mol. The smallest absolute Gasteiger partial charge is 0.256 e. The number of carbonyl (C=O) groups is 2. The van der Waals surface area contributed by atoms with Crippen LogP contribution < -0.4 is 5.32 Å². The van der Waals surface area contributed by atoms with Crippen molar-refractivity contribution >= 4 is 35.8 Å². The lowest BCUT2D eigenvalue weighted by atomic mass is 9.92. The first kappa shape index (κ1) is 21.6. The molecule has 0 radical (unpaired) electrons. The highest BCUT2D eigenvalue weighted by Gasteiger charge is 2.38. The van der Waals surface area contributed by atoms with Gasteiger partial charge in [0, 0.05) is 38.6 Å². The van der Waals surface area contributed by atoms with E-state index in [1.54, 1.807) is 29.2 Å². The van der Waals surface area contributed by atoms with Crippen molar-refractivity contribution in [1.29, 1.82) is 0 Å². The number of nitrogens with zero attached hydrogens (tertiary/aromatic N) is 2. The van der Waals surface area contributed by atoms with E-state index in [0.717, 1.165) is 17.7 Å². The van der Waals surface area contributed by atoms with Gasteiger partial charge in [0.05, 0.1) is 10.6 Å². The first-order valence-electron chi connectivity index (χ1n) is 9.69. The van der Waals surface area contributed by atoms with E-state index in [9.17, 15) is 9.59 Å². The SMILES string of the molecule is CC1CN(C(=O)C2Cc3ccccc3CN2C(=O)c2ccccc2Cl)CCN1.Cl. The first-order chi connectivity index (χ1) is 13.5. The molecule has 1 saturated heterocycles. The highest BCUT2D eigenvalue weighted by Crippen LogP contribution is 2.28. The number of piperazine rings is 1. The number of nitrogens with one attached hydrogen (secondary N) is 1. The molecule has 2 atom stereocenters. The van der Waals surface area contributed by atoms with E-state index >= 15 is 0 Å². The predicted molar refractivity (Wildman–Crippen MR) is 117 cm³/mol. The number of halogens is 2. The molecule has 5 nitrogen and oxygen atoms in total. The Morgan fingerprint density at radius 3 is 2.48 bits per heavy atom. The lowest BCUT2D eigenvalue weighted by molar-refractivity contribution is -0.137. The molecule has 1 fully saturated rings. The largest absolute Gasteiger partial charge is 0.338 e. The fourth-order valence-electron chi connectivity index (χ4n) is 4.09. The van der Waals surface area contributed by atoms with Crippen molar-refractivity contribution in [2.45, 2.75) is 32.0 Å². The molecular formula is C22H25Cl2N3O2. The Labute approximate surface area is 182 Å². The topological polar surface area (TPSA) is 52.7 Å². The van der Waals surface area contributed by atoms with Gasteiger partial charge in [-0.3, -0.25) is 9.59 Å². The summed E-state index contributed by atoms with van der Waals surface area (Å²) in [5, 5.41) is 3.77. The van der Waals surface area contributed by atoms with Gasteiger partial charge >= 0.3 is 0 Å². The van der Waals surface area contributed by atoms with E-state index in [4.69, 9.17) is 11.6 Å². The number of hydrogen-bond acceptors (Lipinski definition) is 3. The minimum absolute atomic E-state index is 0. The lowest BCUT2D eigenvalue weighted by Crippen LogP contribution is -2.58. The van der Waals surface area contributed by atoms with Crippen molar-refractivity contribution in [2.24, 2.45) is 0 Å². The van der Waals surface area contributed by atoms with E-state index in [0.29, 0.717) is 36.6 Å². The van der Waals surface area contributed by atoms with Gasteiger partial charge in [0.2, 0.25) is 5.91 Å². The summed E-state index contributed by atoms with van der Waals surface area (Å²) in [6.07, 6.45) is 0.531. The molecule has 0 aromatic heterocycles. The Morgan fingerprint density at radius 2 is 1.76 bits per heavy atom. The Hall–Kier alpha value is -2.08. The van der Waals surface area contributed by atoms with Crippen LogP contribution in [-0.4, -0.2) is 53.3 Å². The van der Waals surface area contributed by atoms with Crippen LogP contribution in [0.5, 0.6) is 0 Å². The Balaban J connectivity index is 0.00000240. The maximum atomic E-state index is 13.4. The standard InChI is InChI=1S/C22H24ClN3O2.ClH/c1-15-13-25(11-10-24-15)22(28)20-12-16-6-2-3-7-17(16)14-26(20)21(27)18-8-4-5-9-19(18)23;/h2-9,15,20,24H,10-14H2,1H3;1H. The van der Waals surface area contributed by atoms with Gasteiger partial charge in [0.15, 0.2) is 0 Å². The van der Waals surface area contributed by atoms with Crippen molar-refractivity contribution in [2.75, 3.05) is 19.6 Å². The molecule has 7 heteroatoms. The van der Waals surface area contributed by atoms with Gasteiger partial charge in [-0.2, -0.15) is 0 Å². The highest BCUT2D eigenvalue weighted by molar-refractivity contribution is 6.33. The van der Waals surface area contributed by atoms with Crippen LogP contribution in [0.25, 0.3) is 0 Å². The normalized spacial score (nSPS) is 21.2. The molecule has 0 aliphatic carbocycles. The molecule has 2 aliphatic rings. The second-order valence-electron chi connectivity index (χ2n) is 7.54. The summed E-state index contributed by atoms with van der Waals surface area (Å²) < 4.78 is 0. The summed E-state index contributed by atoms with van der Waals surface area (Å²) >= 11 is 6.28. The highest BCUT2D eigenvalue weighted by atomic mass is 35.5. The zero-order valence-corrected chi connectivity index (χ0v) is 17.9. The maximum Gasteiger partial charge on any atom is 0.256 e. The quantitative estimate of drug-likeness (QED) is 0.790. The van der Waals surface area contributed by atoms with Gasteiger partial charge in [0.1, 0.15) is 6.04 Å². The summed E-state index contributed by atoms with van der Waals surface area (Å²) in [5.74, 6) is -0.176. The van der Waals surface area contributed by atoms with Crippen LogP contribution in [0.1, 0.15) is 28.4 Å². The van der Waals surface area contributed by atoms with E-state index in [2.05, 4.69) is 12.2 Å². The van der Waals surface area contributed by atoms with Crippen LogP contribution in [0, 0.1) is 0 Å². The zero-order chi connectivity index (χ0) is 19.7. The molecule has 2 aromatic carbocycles. The van der Waals surface area contributed by atoms with Crippen LogP contribution in [0.15, 0.2) is 48.5 Å². The summed E-state index contributed by atoms with van der Waals surface area (Å²) in [6, 6.07) is 14.8. The van der Waals surface area contributed by atoms with Crippen molar-refractivity contribution < 1.29 is 9.59 Å². The second kappa shape index (κ2) is 9.16. The molecule has 2 amide bonds. The van der Waals surface area contributed by atoms with Crippen LogP contribution in [-0.2, 0) is 17.8 Å². The zero-order valence-electron chi connectivity index (χ0n) is 16.3. The van der Waals surface area contributed by atoms with Crippen molar-refractivity contribution in [1.82, 2.24) is 15.1 Å². The Kier molecular flexibility index (Phi) is 6.83. The van der Waals surface area contributed by atoms with Crippen molar-refractivity contribution in [3.05, 3.63) is 70.2 Å². The average molecular weight is 434 g/mol. The summed E-state index contributed by atoms with van der Waals surface area (Å²) in [7, 11) is 0. The lowest BCUT2D eigenvalue weighted by Gasteiger charge is -2.41. The van der Waals surface area contributed by atoms with Crippen LogP contribution in [0.4, 0.5) is 0 Å². The summed E-state index contributed by atoms with van der Waals surface area (Å²) in [5.41, 5.74) is 2.66.